The van der Waals surface area contributed by atoms with Crippen LogP contribution >= 0.6 is 23.2 Å². The molecule has 0 radical (unpaired) electrons. The minimum Gasteiger partial charge on any atom is -0.339 e. The van der Waals surface area contributed by atoms with Gasteiger partial charge in [0.25, 0.3) is 0 Å². The predicted octanol–water partition coefficient (Wildman–Crippen LogP) is 4.58. The zero-order valence-corrected chi connectivity index (χ0v) is 12.8. The molecule has 0 bridgehead atoms. The quantitative estimate of drug-likeness (QED) is 0.841. The summed E-state index contributed by atoms with van der Waals surface area (Å²) in [5, 5.41) is 13.0. The fraction of sp³-hybridized carbons (Fsp3) is 0.267. The monoisotopic (exact) mass is 318 g/mol. The van der Waals surface area contributed by atoms with Crippen molar-refractivity contribution in [1.29, 1.82) is 5.26 Å². The maximum atomic E-state index is 8.86. The molecule has 1 aromatic heterocycles. The van der Waals surface area contributed by atoms with Crippen molar-refractivity contribution in [3.63, 3.8) is 0 Å². The number of hydrogen-bond acceptors (Lipinski definition) is 4. The summed E-state index contributed by atoms with van der Waals surface area (Å²) in [5.41, 5.74) is 1.98. The van der Waals surface area contributed by atoms with Crippen LogP contribution in [-0.2, 0) is 0 Å². The second-order valence-electron chi connectivity index (χ2n) is 5.05. The van der Waals surface area contributed by atoms with Gasteiger partial charge in [0, 0.05) is 11.5 Å². The first-order valence-electron chi connectivity index (χ1n) is 6.59. The van der Waals surface area contributed by atoms with E-state index in [4.69, 9.17) is 28.5 Å². The van der Waals surface area contributed by atoms with Gasteiger partial charge in [-0.1, -0.05) is 23.2 Å². The molecule has 2 aromatic rings. The Morgan fingerprint density at radius 3 is 2.67 bits per heavy atom. The van der Waals surface area contributed by atoms with Crippen LogP contribution < -0.4 is 5.32 Å². The summed E-state index contributed by atoms with van der Waals surface area (Å²) < 4.78 is 0. The normalized spacial score (nSPS) is 13.8. The van der Waals surface area contributed by atoms with Gasteiger partial charge in [-0.15, -0.1) is 0 Å². The van der Waals surface area contributed by atoms with Gasteiger partial charge in [-0.25, -0.2) is 9.97 Å². The number of nitriles is 1. The molecular weight excluding hydrogens is 307 g/mol. The maximum absolute atomic E-state index is 8.86. The summed E-state index contributed by atoms with van der Waals surface area (Å²) >= 11 is 12.4. The number of halogens is 2. The van der Waals surface area contributed by atoms with Crippen LogP contribution in [0.25, 0.3) is 0 Å². The highest BCUT2D eigenvalue weighted by molar-refractivity contribution is 6.33. The third-order valence-electron chi connectivity index (χ3n) is 3.40. The first kappa shape index (κ1) is 14.1. The summed E-state index contributed by atoms with van der Waals surface area (Å²) in [4.78, 5) is 8.87. The van der Waals surface area contributed by atoms with Crippen LogP contribution in [0.5, 0.6) is 0 Å². The van der Waals surface area contributed by atoms with E-state index < -0.39 is 0 Å². The van der Waals surface area contributed by atoms with Crippen molar-refractivity contribution in [3.8, 4) is 6.07 Å². The van der Waals surface area contributed by atoms with Crippen molar-refractivity contribution in [3.05, 3.63) is 45.3 Å². The number of hydrogen-bond donors (Lipinski definition) is 1. The number of benzene rings is 1. The number of rotatable bonds is 3. The Hall–Kier alpha value is -1.83. The molecule has 1 aromatic carbocycles. The lowest BCUT2D eigenvalue weighted by atomic mass is 10.2. The lowest BCUT2D eigenvalue weighted by molar-refractivity contribution is 0.922. The Balaban J connectivity index is 1.96. The van der Waals surface area contributed by atoms with Crippen LogP contribution in [0.3, 0.4) is 0 Å². The molecule has 0 aliphatic heterocycles. The molecule has 1 aliphatic rings. The smallest absolute Gasteiger partial charge is 0.138 e. The fourth-order valence-electron chi connectivity index (χ4n) is 1.96. The van der Waals surface area contributed by atoms with Crippen LogP contribution in [0.1, 0.15) is 35.7 Å². The molecule has 106 valence electrons. The molecule has 1 fully saturated rings. The van der Waals surface area contributed by atoms with E-state index in [9.17, 15) is 0 Å². The molecule has 6 heteroatoms. The van der Waals surface area contributed by atoms with Gasteiger partial charge < -0.3 is 5.32 Å². The van der Waals surface area contributed by atoms with Crippen molar-refractivity contribution >= 4 is 34.7 Å². The maximum Gasteiger partial charge on any atom is 0.138 e. The third-order valence-corrected chi connectivity index (χ3v) is 4.08. The summed E-state index contributed by atoms with van der Waals surface area (Å²) in [7, 11) is 0. The minimum absolute atomic E-state index is 0.417. The molecule has 21 heavy (non-hydrogen) atoms. The van der Waals surface area contributed by atoms with Gasteiger partial charge in [-0.2, -0.15) is 5.26 Å². The van der Waals surface area contributed by atoms with Crippen LogP contribution in [-0.4, -0.2) is 9.97 Å². The highest BCUT2D eigenvalue weighted by Gasteiger charge is 2.28. The van der Waals surface area contributed by atoms with Crippen LogP contribution in [0.4, 0.5) is 11.5 Å². The van der Waals surface area contributed by atoms with Crippen molar-refractivity contribution in [2.45, 2.75) is 25.7 Å². The van der Waals surface area contributed by atoms with E-state index in [0.29, 0.717) is 33.2 Å². The number of anilines is 2. The highest BCUT2D eigenvalue weighted by atomic mass is 35.5. The molecule has 1 aliphatic carbocycles. The molecule has 1 heterocycles. The largest absolute Gasteiger partial charge is 0.339 e. The van der Waals surface area contributed by atoms with Crippen LogP contribution in [0, 0.1) is 18.3 Å². The van der Waals surface area contributed by atoms with Crippen LogP contribution in [0.15, 0.2) is 18.2 Å². The Morgan fingerprint density at radius 2 is 2.05 bits per heavy atom. The molecule has 0 unspecified atom stereocenters. The molecule has 0 atom stereocenters. The zero-order chi connectivity index (χ0) is 15.0. The van der Waals surface area contributed by atoms with E-state index >= 15 is 0 Å². The average Bonchev–Trinajstić information content (AvgIpc) is 3.30. The molecular formula is C15H12Cl2N4. The Kier molecular flexibility index (Phi) is 3.71. The van der Waals surface area contributed by atoms with E-state index in [1.54, 1.807) is 18.2 Å². The number of nitrogens with one attached hydrogen (secondary N) is 1. The van der Waals surface area contributed by atoms with E-state index in [1.165, 1.54) is 0 Å². The Morgan fingerprint density at radius 1 is 1.29 bits per heavy atom. The summed E-state index contributed by atoms with van der Waals surface area (Å²) in [5.74, 6) is 1.85. The molecule has 3 rings (SSSR count). The molecule has 4 nitrogen and oxygen atoms in total. The molecule has 1 saturated carbocycles. The highest BCUT2D eigenvalue weighted by Crippen LogP contribution is 2.40. The second kappa shape index (κ2) is 5.51. The Bertz CT molecular complexity index is 748. The van der Waals surface area contributed by atoms with Gasteiger partial charge in [0.2, 0.25) is 0 Å². The van der Waals surface area contributed by atoms with Gasteiger partial charge in [0.15, 0.2) is 0 Å². The predicted molar refractivity (Wildman–Crippen MR) is 83.2 cm³/mol. The summed E-state index contributed by atoms with van der Waals surface area (Å²) in [6, 6.07) is 7.13. The van der Waals surface area contributed by atoms with Gasteiger partial charge >= 0.3 is 0 Å². The molecule has 0 amide bonds. The lowest BCUT2D eigenvalue weighted by Crippen LogP contribution is -2.03. The van der Waals surface area contributed by atoms with Gasteiger partial charge in [0.1, 0.15) is 16.8 Å². The average molecular weight is 319 g/mol. The molecule has 0 spiro atoms. The minimum atomic E-state index is 0.417. The van der Waals surface area contributed by atoms with Gasteiger partial charge in [-0.05, 0) is 38.0 Å². The molecule has 1 N–H and O–H groups in total. The van der Waals surface area contributed by atoms with E-state index in [-0.39, 0.29) is 0 Å². The van der Waals surface area contributed by atoms with Crippen molar-refractivity contribution in [2.75, 3.05) is 5.32 Å². The second-order valence-corrected chi connectivity index (χ2v) is 5.82. The Labute approximate surface area is 132 Å². The fourth-order valence-corrected chi connectivity index (χ4v) is 2.37. The van der Waals surface area contributed by atoms with Crippen LogP contribution in [0.2, 0.25) is 10.2 Å². The summed E-state index contributed by atoms with van der Waals surface area (Å²) in [6.07, 6.45) is 2.22. The topological polar surface area (TPSA) is 61.6 Å². The van der Waals surface area contributed by atoms with Gasteiger partial charge in [0.05, 0.1) is 22.3 Å². The summed E-state index contributed by atoms with van der Waals surface area (Å²) in [6.45, 7) is 1.86. The SMILES string of the molecule is Cc1c(Cl)nc(C2CC2)nc1Nc1ccc(C#N)cc1Cl. The lowest BCUT2D eigenvalue weighted by Gasteiger charge is -2.12. The third kappa shape index (κ3) is 2.94. The first-order chi connectivity index (χ1) is 10.1. The van der Waals surface area contributed by atoms with Crippen molar-refractivity contribution in [2.24, 2.45) is 0 Å². The van der Waals surface area contributed by atoms with E-state index in [0.717, 1.165) is 24.2 Å². The number of nitrogens with zero attached hydrogens (tertiary/aromatic N) is 3. The zero-order valence-electron chi connectivity index (χ0n) is 11.3. The van der Waals surface area contributed by atoms with Crippen molar-refractivity contribution in [1.82, 2.24) is 9.97 Å². The standard InChI is InChI=1S/C15H12Cl2N4/c1-8-13(17)20-15(10-3-4-10)21-14(8)19-12-5-2-9(7-18)6-11(12)16/h2,5-6,10H,3-4H2,1H3,(H,19,20,21). The van der Waals surface area contributed by atoms with E-state index in [2.05, 4.69) is 21.4 Å². The first-order valence-corrected chi connectivity index (χ1v) is 7.35. The van der Waals surface area contributed by atoms with Gasteiger partial charge in [-0.3, -0.25) is 0 Å². The number of aromatic nitrogens is 2. The van der Waals surface area contributed by atoms with Crippen molar-refractivity contribution < 1.29 is 0 Å². The van der Waals surface area contributed by atoms with E-state index in [1.807, 2.05) is 6.92 Å². The molecule has 0 saturated heterocycles.